The predicted molar refractivity (Wildman–Crippen MR) is 128 cm³/mol. The van der Waals surface area contributed by atoms with Gasteiger partial charge in [-0.2, -0.15) is 0 Å². The molecule has 0 aromatic carbocycles. The minimum Gasteiger partial charge on any atom is -0.469 e. The third-order valence-corrected chi connectivity index (χ3v) is 6.86. The number of hydrogen-bond donors (Lipinski definition) is 2. The van der Waals surface area contributed by atoms with E-state index in [9.17, 15) is 9.59 Å². The number of aromatic nitrogens is 4. The van der Waals surface area contributed by atoms with Gasteiger partial charge in [0.05, 0.1) is 18.6 Å². The van der Waals surface area contributed by atoms with Crippen LogP contribution in [0.2, 0.25) is 0 Å². The molecule has 1 fully saturated rings. The van der Waals surface area contributed by atoms with Crippen LogP contribution >= 0.6 is 11.3 Å². The standard InChI is InChI=1S/C23H36N6O4S/c1-22(2,3)33-21(31)24-13-9-14-29-19(26-27-28-29)18(25-16-17-10-8-15-34-17)23(20(30)32-4)11-6-5-7-12-23/h8,10,15,18,25H,5-7,9,11-14,16H2,1-4H3,(H,24,31). The van der Waals surface area contributed by atoms with E-state index >= 15 is 0 Å². The summed E-state index contributed by atoms with van der Waals surface area (Å²) in [6, 6.07) is 3.68. The Hall–Kier alpha value is -2.53. The van der Waals surface area contributed by atoms with Crippen LogP contribution in [0.4, 0.5) is 4.79 Å². The molecule has 2 aromatic rings. The fraction of sp³-hybridized carbons (Fsp3) is 0.696. The quantitative estimate of drug-likeness (QED) is 0.381. The zero-order valence-corrected chi connectivity index (χ0v) is 21.3. The topological polar surface area (TPSA) is 120 Å². The Labute approximate surface area is 204 Å². The lowest BCUT2D eigenvalue weighted by atomic mass is 9.68. The van der Waals surface area contributed by atoms with E-state index in [2.05, 4.69) is 32.2 Å². The number of tetrazole rings is 1. The molecule has 3 rings (SSSR count). The number of carbonyl (C=O) groups excluding carboxylic acids is 2. The van der Waals surface area contributed by atoms with Crippen molar-refractivity contribution >= 4 is 23.4 Å². The number of thiophene rings is 1. The van der Waals surface area contributed by atoms with Gasteiger partial charge >= 0.3 is 12.1 Å². The SMILES string of the molecule is COC(=O)C1(C(NCc2cccs2)c2nnnn2CCCNC(=O)OC(C)(C)C)CCCCC1. The van der Waals surface area contributed by atoms with E-state index in [0.29, 0.717) is 31.9 Å². The monoisotopic (exact) mass is 492 g/mol. The summed E-state index contributed by atoms with van der Waals surface area (Å²) in [5.74, 6) is 0.387. The number of ether oxygens (including phenoxy) is 2. The maximum atomic E-state index is 13.1. The van der Waals surface area contributed by atoms with E-state index < -0.39 is 23.2 Å². The van der Waals surface area contributed by atoms with Crippen molar-refractivity contribution in [3.05, 3.63) is 28.2 Å². The van der Waals surface area contributed by atoms with Gasteiger partial charge < -0.3 is 20.1 Å². The third kappa shape index (κ3) is 6.75. The molecule has 0 bridgehead atoms. The fourth-order valence-electron chi connectivity index (χ4n) is 4.46. The highest BCUT2D eigenvalue weighted by Crippen LogP contribution is 2.46. The molecule has 1 aliphatic carbocycles. The van der Waals surface area contributed by atoms with Gasteiger partial charge in [-0.3, -0.25) is 4.79 Å². The number of nitrogens with zero attached hydrogens (tertiary/aromatic N) is 4. The molecule has 11 heteroatoms. The lowest BCUT2D eigenvalue weighted by Crippen LogP contribution is -2.47. The molecule has 1 unspecified atom stereocenters. The minimum atomic E-state index is -0.731. The first kappa shape index (κ1) is 26.1. The lowest BCUT2D eigenvalue weighted by molar-refractivity contribution is -0.158. The van der Waals surface area contributed by atoms with Crippen LogP contribution in [0.1, 0.15) is 76.0 Å². The summed E-state index contributed by atoms with van der Waals surface area (Å²) >= 11 is 1.66. The first-order chi connectivity index (χ1) is 16.2. The number of aryl methyl sites for hydroxylation is 1. The van der Waals surface area contributed by atoms with Crippen molar-refractivity contribution in [2.24, 2.45) is 5.41 Å². The van der Waals surface area contributed by atoms with Crippen LogP contribution in [0.25, 0.3) is 0 Å². The highest BCUT2D eigenvalue weighted by atomic mass is 32.1. The number of rotatable bonds is 10. The summed E-state index contributed by atoms with van der Waals surface area (Å²) in [4.78, 5) is 26.2. The van der Waals surface area contributed by atoms with Crippen molar-refractivity contribution in [1.82, 2.24) is 30.8 Å². The van der Waals surface area contributed by atoms with Crippen LogP contribution in [0, 0.1) is 5.41 Å². The smallest absolute Gasteiger partial charge is 0.407 e. The Morgan fingerprint density at radius 2 is 2.03 bits per heavy atom. The Morgan fingerprint density at radius 1 is 1.26 bits per heavy atom. The molecule has 34 heavy (non-hydrogen) atoms. The highest BCUT2D eigenvalue weighted by molar-refractivity contribution is 7.09. The fourth-order valence-corrected chi connectivity index (χ4v) is 5.11. The predicted octanol–water partition coefficient (Wildman–Crippen LogP) is 3.60. The van der Waals surface area contributed by atoms with Crippen molar-refractivity contribution < 1.29 is 19.1 Å². The summed E-state index contributed by atoms with van der Waals surface area (Å²) in [5, 5.41) is 20.8. The number of alkyl carbamates (subject to hydrolysis) is 1. The Kier molecular flexibility index (Phi) is 9.01. The second kappa shape index (κ2) is 11.7. The molecule has 2 aromatic heterocycles. The summed E-state index contributed by atoms with van der Waals surface area (Å²) in [5.41, 5.74) is -1.28. The molecule has 0 aliphatic heterocycles. The summed E-state index contributed by atoms with van der Waals surface area (Å²) in [6.07, 6.45) is 4.59. The van der Waals surface area contributed by atoms with E-state index in [-0.39, 0.29) is 5.97 Å². The molecule has 188 valence electrons. The maximum Gasteiger partial charge on any atom is 0.407 e. The molecule has 2 heterocycles. The van der Waals surface area contributed by atoms with E-state index in [1.807, 2.05) is 32.2 Å². The van der Waals surface area contributed by atoms with Crippen LogP contribution in [0.5, 0.6) is 0 Å². The first-order valence-electron chi connectivity index (χ1n) is 11.8. The van der Waals surface area contributed by atoms with Gasteiger partial charge in [-0.25, -0.2) is 9.48 Å². The van der Waals surface area contributed by atoms with Crippen molar-refractivity contribution in [3.8, 4) is 0 Å². The molecule has 0 saturated heterocycles. The summed E-state index contributed by atoms with van der Waals surface area (Å²) in [7, 11) is 1.44. The minimum absolute atomic E-state index is 0.225. The van der Waals surface area contributed by atoms with Crippen molar-refractivity contribution in [2.75, 3.05) is 13.7 Å². The van der Waals surface area contributed by atoms with Crippen LogP contribution in [0.3, 0.4) is 0 Å². The van der Waals surface area contributed by atoms with Crippen LogP contribution in [-0.2, 0) is 27.4 Å². The van der Waals surface area contributed by atoms with Crippen LogP contribution < -0.4 is 10.6 Å². The molecule has 0 radical (unpaired) electrons. The van der Waals surface area contributed by atoms with Gasteiger partial charge in [-0.15, -0.1) is 16.4 Å². The van der Waals surface area contributed by atoms with Gasteiger partial charge in [0.2, 0.25) is 0 Å². The number of nitrogens with one attached hydrogen (secondary N) is 2. The van der Waals surface area contributed by atoms with E-state index in [0.717, 1.165) is 32.1 Å². The van der Waals surface area contributed by atoms with Crippen LogP contribution in [0.15, 0.2) is 17.5 Å². The van der Waals surface area contributed by atoms with Crippen LogP contribution in [-0.4, -0.2) is 51.5 Å². The molecule has 1 aliphatic rings. The Balaban J connectivity index is 1.75. The van der Waals surface area contributed by atoms with Gasteiger partial charge in [-0.05, 0) is 61.9 Å². The number of carbonyl (C=O) groups is 2. The van der Waals surface area contributed by atoms with Gasteiger partial charge in [0.25, 0.3) is 0 Å². The van der Waals surface area contributed by atoms with E-state index in [4.69, 9.17) is 9.47 Å². The largest absolute Gasteiger partial charge is 0.469 e. The number of esters is 1. The molecular formula is C23H36N6O4S. The zero-order valence-electron chi connectivity index (χ0n) is 20.5. The zero-order chi connectivity index (χ0) is 24.6. The highest BCUT2D eigenvalue weighted by Gasteiger charge is 2.50. The van der Waals surface area contributed by atoms with Crippen molar-refractivity contribution in [3.63, 3.8) is 0 Å². The van der Waals surface area contributed by atoms with Gasteiger partial charge in [0.1, 0.15) is 5.60 Å². The Bertz CT molecular complexity index is 918. The first-order valence-corrected chi connectivity index (χ1v) is 12.7. The van der Waals surface area contributed by atoms with Crippen molar-refractivity contribution in [2.45, 2.75) is 84.0 Å². The molecule has 0 spiro atoms. The molecule has 1 amide bonds. The van der Waals surface area contributed by atoms with Gasteiger partial charge in [-0.1, -0.05) is 25.3 Å². The molecular weight excluding hydrogens is 456 g/mol. The molecule has 10 nitrogen and oxygen atoms in total. The van der Waals surface area contributed by atoms with Gasteiger partial charge in [0.15, 0.2) is 5.82 Å². The summed E-state index contributed by atoms with van der Waals surface area (Å²) in [6.45, 7) is 6.99. The second-order valence-electron chi connectivity index (χ2n) is 9.64. The number of amides is 1. The molecule has 1 atom stereocenters. The van der Waals surface area contributed by atoms with Crippen molar-refractivity contribution in [1.29, 1.82) is 0 Å². The normalized spacial score (nSPS) is 16.6. The average Bonchev–Trinajstić information content (AvgIpc) is 3.48. The summed E-state index contributed by atoms with van der Waals surface area (Å²) < 4.78 is 12.3. The second-order valence-corrected chi connectivity index (χ2v) is 10.7. The maximum absolute atomic E-state index is 13.1. The van der Waals surface area contributed by atoms with E-state index in [1.54, 1.807) is 16.0 Å². The number of methoxy groups -OCH3 is 1. The average molecular weight is 493 g/mol. The Morgan fingerprint density at radius 3 is 2.68 bits per heavy atom. The molecule has 2 N–H and O–H groups in total. The number of hydrogen-bond acceptors (Lipinski definition) is 9. The van der Waals surface area contributed by atoms with Gasteiger partial charge in [0, 0.05) is 24.5 Å². The third-order valence-electron chi connectivity index (χ3n) is 5.98. The lowest BCUT2D eigenvalue weighted by Gasteiger charge is -2.40. The van der Waals surface area contributed by atoms with E-state index in [1.165, 1.54) is 12.0 Å². The molecule has 1 saturated carbocycles.